The molecule has 0 radical (unpaired) electrons. The van der Waals surface area contributed by atoms with Gasteiger partial charge in [0.2, 0.25) is 5.54 Å². The van der Waals surface area contributed by atoms with Crippen molar-refractivity contribution in [3.8, 4) is 0 Å². The molecule has 0 aromatic heterocycles. The second-order valence-corrected chi connectivity index (χ2v) is 9.27. The second-order valence-electron chi connectivity index (χ2n) is 9.27. The first-order valence-corrected chi connectivity index (χ1v) is 12.1. The van der Waals surface area contributed by atoms with Gasteiger partial charge < -0.3 is 10.2 Å². The summed E-state index contributed by atoms with van der Waals surface area (Å²) in [6.45, 7) is 0.738. The van der Waals surface area contributed by atoms with Crippen LogP contribution in [0.15, 0.2) is 90.1 Å². The predicted molar refractivity (Wildman–Crippen MR) is 133 cm³/mol. The van der Waals surface area contributed by atoms with Crippen LogP contribution in [0, 0.1) is 5.82 Å². The zero-order valence-corrected chi connectivity index (χ0v) is 21.2. The number of rotatable bonds is 7. The van der Waals surface area contributed by atoms with E-state index in [9.17, 15) is 31.9 Å². The fourth-order valence-corrected chi connectivity index (χ4v) is 4.63. The lowest BCUT2D eigenvalue weighted by Gasteiger charge is -2.33. The number of halogens is 7. The van der Waals surface area contributed by atoms with Gasteiger partial charge in [-0.3, -0.25) is 14.4 Å². The van der Waals surface area contributed by atoms with Crippen molar-refractivity contribution in [1.29, 1.82) is 0 Å². The third kappa shape index (κ3) is 5.59. The van der Waals surface area contributed by atoms with E-state index in [0.29, 0.717) is 22.6 Å². The molecule has 1 aliphatic rings. The van der Waals surface area contributed by atoms with Crippen molar-refractivity contribution >= 4 is 17.6 Å². The standard InChI is InChI=1S/C29H21F7N2O3/c1-17-23(24(39)19-6-3-2-4-7-19)27(29(34,35)36,26(41)38(17)15-14-18-10-12-22(30)13-11-18)37-25(40)20-8-5-9-21(16-20)28(31,32)33/h2-13,16H,14-15H2,1H3,(H,37,40)/t27-/m1/s1. The average Bonchev–Trinajstić information content (AvgIpc) is 3.14. The Balaban J connectivity index is 1.82. The lowest BCUT2D eigenvalue weighted by Crippen LogP contribution is -2.66. The fourth-order valence-electron chi connectivity index (χ4n) is 4.63. The molecule has 41 heavy (non-hydrogen) atoms. The summed E-state index contributed by atoms with van der Waals surface area (Å²) in [7, 11) is 0. The summed E-state index contributed by atoms with van der Waals surface area (Å²) >= 11 is 0. The number of ketones is 1. The Hall–Kier alpha value is -4.48. The van der Waals surface area contributed by atoms with E-state index >= 15 is 13.2 Å². The Kier molecular flexibility index (Phi) is 7.79. The Bertz CT molecular complexity index is 1510. The Morgan fingerprint density at radius 1 is 0.854 bits per heavy atom. The molecule has 214 valence electrons. The van der Waals surface area contributed by atoms with Gasteiger partial charge in [-0.2, -0.15) is 26.3 Å². The molecule has 5 nitrogen and oxygen atoms in total. The number of hydrogen-bond acceptors (Lipinski definition) is 3. The number of amides is 2. The number of hydrogen-bond donors (Lipinski definition) is 1. The first-order chi connectivity index (χ1) is 19.2. The summed E-state index contributed by atoms with van der Waals surface area (Å²) < 4.78 is 98.0. The molecule has 12 heteroatoms. The van der Waals surface area contributed by atoms with Gasteiger partial charge in [0.1, 0.15) is 5.82 Å². The van der Waals surface area contributed by atoms with Crippen LogP contribution < -0.4 is 5.32 Å². The molecule has 0 saturated carbocycles. The summed E-state index contributed by atoms with van der Waals surface area (Å²) in [5, 5.41) is 1.59. The van der Waals surface area contributed by atoms with Crippen LogP contribution in [-0.4, -0.2) is 40.8 Å². The number of nitrogens with zero attached hydrogens (tertiary/aromatic N) is 1. The highest BCUT2D eigenvalue weighted by Gasteiger charge is 2.70. The summed E-state index contributed by atoms with van der Waals surface area (Å²) in [5.41, 5.74) is -7.22. The van der Waals surface area contributed by atoms with Gasteiger partial charge >= 0.3 is 12.4 Å². The molecule has 1 N–H and O–H groups in total. The van der Waals surface area contributed by atoms with E-state index < -0.39 is 63.7 Å². The molecule has 0 saturated heterocycles. The summed E-state index contributed by atoms with van der Waals surface area (Å²) in [6, 6.07) is 14.4. The van der Waals surface area contributed by atoms with Crippen LogP contribution >= 0.6 is 0 Å². The zero-order valence-electron chi connectivity index (χ0n) is 21.2. The molecule has 1 aliphatic heterocycles. The minimum absolute atomic E-state index is 0.0360. The van der Waals surface area contributed by atoms with Gasteiger partial charge in [-0.25, -0.2) is 4.39 Å². The van der Waals surface area contributed by atoms with Gasteiger partial charge in [0.25, 0.3) is 11.8 Å². The number of nitrogens with one attached hydrogen (secondary N) is 1. The van der Waals surface area contributed by atoms with E-state index in [0.717, 1.165) is 31.2 Å². The van der Waals surface area contributed by atoms with E-state index in [1.807, 2.05) is 0 Å². The topological polar surface area (TPSA) is 66.5 Å². The summed E-state index contributed by atoms with van der Waals surface area (Å²) in [6.07, 6.45) is -10.5. The predicted octanol–water partition coefficient (Wildman–Crippen LogP) is 6.12. The van der Waals surface area contributed by atoms with Gasteiger partial charge in [0, 0.05) is 23.4 Å². The third-order valence-electron chi connectivity index (χ3n) is 6.69. The van der Waals surface area contributed by atoms with E-state index in [1.165, 1.54) is 42.5 Å². The highest BCUT2D eigenvalue weighted by molar-refractivity contribution is 6.19. The lowest BCUT2D eigenvalue weighted by molar-refractivity contribution is -0.189. The molecule has 0 bridgehead atoms. The van der Waals surface area contributed by atoms with Crippen molar-refractivity contribution in [2.75, 3.05) is 6.54 Å². The van der Waals surface area contributed by atoms with Crippen molar-refractivity contribution in [2.45, 2.75) is 31.2 Å². The van der Waals surface area contributed by atoms with Crippen molar-refractivity contribution < 1.29 is 45.1 Å². The normalized spacial score (nSPS) is 17.7. The third-order valence-corrected chi connectivity index (χ3v) is 6.69. The smallest absolute Gasteiger partial charge is 0.326 e. The highest BCUT2D eigenvalue weighted by Crippen LogP contribution is 2.46. The molecular formula is C29H21F7N2O3. The van der Waals surface area contributed by atoms with E-state index in [4.69, 9.17) is 0 Å². The maximum Gasteiger partial charge on any atom is 0.425 e. The van der Waals surface area contributed by atoms with Crippen molar-refractivity contribution in [3.05, 3.63) is 118 Å². The fraction of sp³-hybridized carbons (Fsp3) is 0.207. The second kappa shape index (κ2) is 10.8. The van der Waals surface area contributed by atoms with Gasteiger partial charge in [0.05, 0.1) is 11.1 Å². The number of allylic oxidation sites excluding steroid dienone is 1. The molecule has 1 heterocycles. The van der Waals surface area contributed by atoms with Gasteiger partial charge in [-0.1, -0.05) is 48.5 Å². The number of Topliss-reactive ketones (excluding diaryl/α,β-unsaturated/α-hetero) is 1. The molecule has 4 rings (SSSR count). The van der Waals surface area contributed by atoms with E-state index in [1.54, 1.807) is 5.32 Å². The summed E-state index contributed by atoms with van der Waals surface area (Å²) in [4.78, 5) is 41.0. The van der Waals surface area contributed by atoms with Crippen molar-refractivity contribution in [3.63, 3.8) is 0 Å². The molecule has 1 atom stereocenters. The lowest BCUT2D eigenvalue weighted by atomic mass is 9.84. The Morgan fingerprint density at radius 2 is 1.46 bits per heavy atom. The maximum atomic E-state index is 15.0. The number of carbonyl (C=O) groups is 3. The van der Waals surface area contributed by atoms with Gasteiger partial charge in [0.15, 0.2) is 5.78 Å². The van der Waals surface area contributed by atoms with Crippen LogP contribution in [0.4, 0.5) is 30.7 Å². The van der Waals surface area contributed by atoms with Crippen molar-refractivity contribution in [2.24, 2.45) is 0 Å². The highest BCUT2D eigenvalue weighted by atomic mass is 19.4. The maximum absolute atomic E-state index is 15.0. The van der Waals surface area contributed by atoms with Crippen LogP contribution in [0.3, 0.4) is 0 Å². The van der Waals surface area contributed by atoms with Crippen LogP contribution in [0.2, 0.25) is 0 Å². The molecular weight excluding hydrogens is 557 g/mol. The number of carbonyl (C=O) groups excluding carboxylic acids is 3. The van der Waals surface area contributed by atoms with Crippen LogP contribution in [0.25, 0.3) is 0 Å². The van der Waals surface area contributed by atoms with Crippen molar-refractivity contribution in [1.82, 2.24) is 10.2 Å². The minimum atomic E-state index is -5.59. The molecule has 3 aromatic carbocycles. The largest absolute Gasteiger partial charge is 0.425 e. The molecule has 2 amide bonds. The molecule has 0 fully saturated rings. The first-order valence-electron chi connectivity index (χ1n) is 12.1. The quantitative estimate of drug-likeness (QED) is 0.272. The number of benzene rings is 3. The van der Waals surface area contributed by atoms with Crippen LogP contribution in [0.5, 0.6) is 0 Å². The van der Waals surface area contributed by atoms with Crippen LogP contribution in [-0.2, 0) is 17.4 Å². The average molecular weight is 578 g/mol. The molecule has 0 aliphatic carbocycles. The van der Waals surface area contributed by atoms with Crippen LogP contribution in [0.1, 0.15) is 38.8 Å². The Morgan fingerprint density at radius 3 is 2.05 bits per heavy atom. The molecule has 0 unspecified atom stereocenters. The first kappa shape index (κ1) is 29.5. The SMILES string of the molecule is CC1=C(C(=O)c2ccccc2)[C@](NC(=O)c2cccc(C(F)(F)F)c2)(C(F)(F)F)C(=O)N1CCc1ccc(F)cc1. The molecule has 0 spiro atoms. The van der Waals surface area contributed by atoms with Gasteiger partial charge in [-0.05, 0) is 49.2 Å². The van der Waals surface area contributed by atoms with Gasteiger partial charge in [-0.15, -0.1) is 0 Å². The number of alkyl halides is 6. The monoisotopic (exact) mass is 578 g/mol. The Labute approximate surface area is 229 Å². The molecule has 3 aromatic rings. The minimum Gasteiger partial charge on any atom is -0.326 e. The summed E-state index contributed by atoms with van der Waals surface area (Å²) in [5.74, 6) is -5.11. The van der Waals surface area contributed by atoms with E-state index in [-0.39, 0.29) is 18.5 Å². The zero-order chi connectivity index (χ0) is 30.2. The van der Waals surface area contributed by atoms with E-state index in [2.05, 4.69) is 0 Å².